The molecule has 1 aromatic heterocycles. The molecule has 24 heavy (non-hydrogen) atoms. The molecule has 3 rings (SSSR count). The summed E-state index contributed by atoms with van der Waals surface area (Å²) in [6, 6.07) is 15.8. The third-order valence-corrected chi connectivity index (χ3v) is 3.84. The minimum absolute atomic E-state index is 0.0980. The van der Waals surface area contributed by atoms with Crippen LogP contribution >= 0.6 is 11.6 Å². The van der Waals surface area contributed by atoms with Crippen molar-refractivity contribution in [3.05, 3.63) is 82.9 Å². The minimum atomic E-state index is -0.631. The van der Waals surface area contributed by atoms with Crippen molar-refractivity contribution in [2.24, 2.45) is 0 Å². The van der Waals surface area contributed by atoms with Crippen LogP contribution in [0.4, 0.5) is 4.39 Å². The van der Waals surface area contributed by atoms with Crippen LogP contribution < -0.4 is 5.32 Å². The van der Waals surface area contributed by atoms with E-state index in [4.69, 9.17) is 11.6 Å². The maximum Gasteiger partial charge on any atom is 0.255 e. The molecular weight excluding hydrogens is 329 g/mol. The first kappa shape index (κ1) is 16.2. The van der Waals surface area contributed by atoms with Crippen molar-refractivity contribution < 1.29 is 9.18 Å². The molecule has 2 aromatic carbocycles. The van der Waals surface area contributed by atoms with Crippen molar-refractivity contribution in [3.63, 3.8) is 0 Å². The van der Waals surface area contributed by atoms with Crippen LogP contribution in [0.3, 0.4) is 0 Å². The van der Waals surface area contributed by atoms with Crippen LogP contribution in [0.2, 0.25) is 5.02 Å². The molecule has 0 unspecified atom stereocenters. The third kappa shape index (κ3) is 3.63. The zero-order valence-corrected chi connectivity index (χ0v) is 13.5. The molecule has 6 heteroatoms. The van der Waals surface area contributed by atoms with Crippen LogP contribution in [0, 0.1) is 5.82 Å². The third-order valence-electron chi connectivity index (χ3n) is 3.52. The van der Waals surface area contributed by atoms with Crippen molar-refractivity contribution in [2.45, 2.75) is 6.42 Å². The topological polar surface area (TPSA) is 46.9 Å². The van der Waals surface area contributed by atoms with Gasteiger partial charge in [-0.2, -0.15) is 5.10 Å². The van der Waals surface area contributed by atoms with Gasteiger partial charge in [0.05, 0.1) is 22.0 Å². The lowest BCUT2D eigenvalue weighted by Gasteiger charge is -2.07. The first-order valence-corrected chi connectivity index (χ1v) is 7.85. The summed E-state index contributed by atoms with van der Waals surface area (Å²) in [5, 5.41) is 7.21. The molecule has 3 aromatic rings. The number of para-hydroxylation sites is 1. The summed E-state index contributed by atoms with van der Waals surface area (Å²) in [4.78, 5) is 12.0. The van der Waals surface area contributed by atoms with Crippen LogP contribution in [0.5, 0.6) is 0 Å². The zero-order chi connectivity index (χ0) is 16.9. The summed E-state index contributed by atoms with van der Waals surface area (Å²) < 4.78 is 15.4. The second-order valence-electron chi connectivity index (χ2n) is 5.19. The Kier molecular flexibility index (Phi) is 4.91. The molecular formula is C18H15ClFN3O. The van der Waals surface area contributed by atoms with E-state index in [1.54, 1.807) is 4.68 Å². The lowest BCUT2D eigenvalue weighted by Crippen LogP contribution is -2.27. The van der Waals surface area contributed by atoms with Crippen LogP contribution in [0.25, 0.3) is 5.69 Å². The monoisotopic (exact) mass is 343 g/mol. The smallest absolute Gasteiger partial charge is 0.255 e. The van der Waals surface area contributed by atoms with Crippen molar-refractivity contribution >= 4 is 17.5 Å². The molecule has 1 amide bonds. The van der Waals surface area contributed by atoms with Gasteiger partial charge in [0.15, 0.2) is 0 Å². The largest absolute Gasteiger partial charge is 0.352 e. The zero-order valence-electron chi connectivity index (χ0n) is 12.7. The van der Waals surface area contributed by atoms with Crippen LogP contribution in [-0.4, -0.2) is 22.2 Å². The highest BCUT2D eigenvalue weighted by Gasteiger charge is 2.15. The molecule has 0 radical (unpaired) electrons. The van der Waals surface area contributed by atoms with Crippen LogP contribution in [0.15, 0.2) is 60.8 Å². The second kappa shape index (κ2) is 7.27. The number of benzene rings is 2. The Morgan fingerprint density at radius 1 is 1.12 bits per heavy atom. The van der Waals surface area contributed by atoms with Crippen LogP contribution in [0.1, 0.15) is 16.1 Å². The van der Waals surface area contributed by atoms with Gasteiger partial charge in [-0.1, -0.05) is 35.9 Å². The fraction of sp³-hybridized carbons (Fsp3) is 0.111. The molecule has 0 aliphatic carbocycles. The van der Waals surface area contributed by atoms with Crippen LogP contribution in [-0.2, 0) is 6.42 Å². The highest BCUT2D eigenvalue weighted by Crippen LogP contribution is 2.18. The van der Waals surface area contributed by atoms with Gasteiger partial charge in [0.1, 0.15) is 5.82 Å². The quantitative estimate of drug-likeness (QED) is 0.769. The maximum absolute atomic E-state index is 13.7. The molecule has 122 valence electrons. The molecule has 0 atom stereocenters. The Morgan fingerprint density at radius 3 is 2.67 bits per heavy atom. The predicted octanol–water partition coefficient (Wildman–Crippen LogP) is 3.64. The number of amides is 1. The van der Waals surface area contributed by atoms with Gasteiger partial charge in [-0.3, -0.25) is 4.79 Å². The summed E-state index contributed by atoms with van der Waals surface area (Å²) in [5.41, 5.74) is 1.67. The molecule has 0 spiro atoms. The number of carbonyl (C=O) groups is 1. The van der Waals surface area contributed by atoms with E-state index in [1.165, 1.54) is 18.2 Å². The number of carbonyl (C=O) groups excluding carboxylic acids is 1. The lowest BCUT2D eigenvalue weighted by molar-refractivity contribution is 0.0950. The van der Waals surface area contributed by atoms with E-state index in [1.807, 2.05) is 42.6 Å². The highest BCUT2D eigenvalue weighted by molar-refractivity contribution is 6.33. The molecule has 0 aliphatic rings. The summed E-state index contributed by atoms with van der Waals surface area (Å²) in [6.45, 7) is 0.343. The SMILES string of the molecule is O=C(NCCc1ccn(-c2ccccc2)n1)c1c(F)cccc1Cl. The van der Waals surface area contributed by atoms with E-state index >= 15 is 0 Å². The Morgan fingerprint density at radius 2 is 1.92 bits per heavy atom. The molecule has 4 nitrogen and oxygen atoms in total. The number of aromatic nitrogens is 2. The van der Waals surface area contributed by atoms with Crippen molar-refractivity contribution in [2.75, 3.05) is 6.54 Å². The van der Waals surface area contributed by atoms with E-state index in [-0.39, 0.29) is 10.6 Å². The van der Waals surface area contributed by atoms with Crippen molar-refractivity contribution in [1.29, 1.82) is 0 Å². The summed E-state index contributed by atoms with van der Waals surface area (Å²) in [6.07, 6.45) is 2.40. The van der Waals surface area contributed by atoms with Gasteiger partial charge in [-0.15, -0.1) is 0 Å². The normalized spacial score (nSPS) is 10.6. The molecule has 1 heterocycles. The number of hydrogen-bond donors (Lipinski definition) is 1. The number of halogens is 2. The van der Waals surface area contributed by atoms with Crippen molar-refractivity contribution in [3.8, 4) is 5.69 Å². The van der Waals surface area contributed by atoms with Gasteiger partial charge in [0, 0.05) is 19.2 Å². The molecule has 0 saturated heterocycles. The van der Waals surface area contributed by atoms with Gasteiger partial charge in [0.25, 0.3) is 5.91 Å². The minimum Gasteiger partial charge on any atom is -0.352 e. The summed E-state index contributed by atoms with van der Waals surface area (Å²) in [5.74, 6) is -1.16. The first-order valence-electron chi connectivity index (χ1n) is 7.47. The number of hydrogen-bond acceptors (Lipinski definition) is 2. The fourth-order valence-electron chi connectivity index (χ4n) is 2.33. The first-order chi connectivity index (χ1) is 11.6. The van der Waals surface area contributed by atoms with E-state index in [9.17, 15) is 9.18 Å². The average Bonchev–Trinajstić information content (AvgIpc) is 3.04. The molecule has 0 saturated carbocycles. The van der Waals surface area contributed by atoms with E-state index in [2.05, 4.69) is 10.4 Å². The number of nitrogens with zero attached hydrogens (tertiary/aromatic N) is 2. The predicted molar refractivity (Wildman–Crippen MR) is 91.0 cm³/mol. The second-order valence-corrected chi connectivity index (χ2v) is 5.60. The summed E-state index contributed by atoms with van der Waals surface area (Å²) in [7, 11) is 0. The Balaban J connectivity index is 1.59. The van der Waals surface area contributed by atoms with Gasteiger partial charge in [-0.25, -0.2) is 9.07 Å². The lowest BCUT2D eigenvalue weighted by atomic mass is 10.2. The Hall–Kier alpha value is -2.66. The molecule has 0 fully saturated rings. The highest BCUT2D eigenvalue weighted by atomic mass is 35.5. The fourth-order valence-corrected chi connectivity index (χ4v) is 2.58. The maximum atomic E-state index is 13.7. The summed E-state index contributed by atoms with van der Waals surface area (Å²) >= 11 is 5.87. The van der Waals surface area contributed by atoms with Gasteiger partial charge in [-0.05, 0) is 30.3 Å². The Bertz CT molecular complexity index is 828. The van der Waals surface area contributed by atoms with E-state index in [0.717, 1.165) is 11.4 Å². The molecule has 1 N–H and O–H groups in total. The standard InChI is InChI=1S/C18H15ClFN3O/c19-15-7-4-8-16(20)17(15)18(24)21-11-9-13-10-12-23(22-13)14-5-2-1-3-6-14/h1-8,10,12H,9,11H2,(H,21,24). The molecule has 0 aliphatic heterocycles. The number of nitrogens with one attached hydrogen (secondary N) is 1. The van der Waals surface area contributed by atoms with E-state index < -0.39 is 11.7 Å². The van der Waals surface area contributed by atoms with Gasteiger partial charge in [0.2, 0.25) is 0 Å². The number of rotatable bonds is 5. The van der Waals surface area contributed by atoms with Crippen molar-refractivity contribution in [1.82, 2.24) is 15.1 Å². The van der Waals surface area contributed by atoms with E-state index in [0.29, 0.717) is 13.0 Å². The molecule has 0 bridgehead atoms. The van der Waals surface area contributed by atoms with Gasteiger partial charge < -0.3 is 5.32 Å². The van der Waals surface area contributed by atoms with Gasteiger partial charge >= 0.3 is 0 Å². The average molecular weight is 344 g/mol. The Labute approximate surface area is 143 Å².